The standard InChI is InChI=1S/C9H5F3N2S/c10-4-1-5(8(12)6(11)2-4)7-3-15-9(13)14-7/h1-3H,(H2,13,14). The Labute approximate surface area is 87.2 Å². The lowest BCUT2D eigenvalue weighted by atomic mass is 10.1. The lowest BCUT2D eigenvalue weighted by Gasteiger charge is -2.00. The first kappa shape index (κ1) is 9.97. The van der Waals surface area contributed by atoms with E-state index in [9.17, 15) is 13.2 Å². The molecule has 1 aromatic carbocycles. The normalized spacial score (nSPS) is 10.6. The molecule has 0 spiro atoms. The van der Waals surface area contributed by atoms with Crippen LogP contribution in [-0.4, -0.2) is 4.98 Å². The molecule has 2 N–H and O–H groups in total. The fraction of sp³-hybridized carbons (Fsp3) is 0. The molecule has 78 valence electrons. The fourth-order valence-electron chi connectivity index (χ4n) is 1.15. The van der Waals surface area contributed by atoms with Crippen LogP contribution in [0.25, 0.3) is 11.3 Å². The summed E-state index contributed by atoms with van der Waals surface area (Å²) < 4.78 is 39.0. The van der Waals surface area contributed by atoms with E-state index in [1.807, 2.05) is 0 Å². The predicted molar refractivity (Wildman–Crippen MR) is 51.8 cm³/mol. The number of thiazole rings is 1. The van der Waals surface area contributed by atoms with Gasteiger partial charge in [-0.25, -0.2) is 18.2 Å². The molecule has 0 atom stereocenters. The minimum atomic E-state index is -1.24. The molecular weight excluding hydrogens is 225 g/mol. The first-order valence-corrected chi connectivity index (χ1v) is 4.82. The molecular formula is C9H5F3N2S. The maximum atomic E-state index is 13.3. The van der Waals surface area contributed by atoms with Crippen molar-refractivity contribution in [3.8, 4) is 11.3 Å². The zero-order chi connectivity index (χ0) is 11.0. The van der Waals surface area contributed by atoms with Gasteiger partial charge in [0, 0.05) is 17.0 Å². The Morgan fingerprint density at radius 1 is 1.20 bits per heavy atom. The predicted octanol–water partition coefficient (Wildman–Crippen LogP) is 2.81. The zero-order valence-electron chi connectivity index (χ0n) is 7.30. The fourth-order valence-corrected chi connectivity index (χ4v) is 1.72. The van der Waals surface area contributed by atoms with Crippen molar-refractivity contribution in [1.29, 1.82) is 0 Å². The molecule has 0 saturated heterocycles. The van der Waals surface area contributed by atoms with Crippen molar-refractivity contribution in [2.24, 2.45) is 0 Å². The van der Waals surface area contributed by atoms with Crippen LogP contribution in [0.2, 0.25) is 0 Å². The quantitative estimate of drug-likeness (QED) is 0.765. The second kappa shape index (κ2) is 3.54. The van der Waals surface area contributed by atoms with Crippen LogP contribution in [0.15, 0.2) is 17.5 Å². The summed E-state index contributed by atoms with van der Waals surface area (Å²) in [5.41, 5.74) is 5.25. The summed E-state index contributed by atoms with van der Waals surface area (Å²) in [6, 6.07) is 1.36. The van der Waals surface area contributed by atoms with Crippen molar-refractivity contribution >= 4 is 16.5 Å². The van der Waals surface area contributed by atoms with E-state index in [4.69, 9.17) is 5.73 Å². The van der Waals surface area contributed by atoms with Gasteiger partial charge in [0.25, 0.3) is 0 Å². The van der Waals surface area contributed by atoms with E-state index >= 15 is 0 Å². The van der Waals surface area contributed by atoms with Gasteiger partial charge in [0.2, 0.25) is 0 Å². The first-order chi connectivity index (χ1) is 7.08. The summed E-state index contributed by atoms with van der Waals surface area (Å²) >= 11 is 1.07. The Bertz CT molecular complexity index is 510. The number of nitrogens with two attached hydrogens (primary N) is 1. The molecule has 0 saturated carbocycles. The second-order valence-electron chi connectivity index (χ2n) is 2.82. The zero-order valence-corrected chi connectivity index (χ0v) is 8.12. The van der Waals surface area contributed by atoms with Gasteiger partial charge in [-0.05, 0) is 6.07 Å². The van der Waals surface area contributed by atoms with Crippen molar-refractivity contribution in [3.05, 3.63) is 35.0 Å². The monoisotopic (exact) mass is 230 g/mol. The minimum Gasteiger partial charge on any atom is -0.375 e. The van der Waals surface area contributed by atoms with Gasteiger partial charge in [0.1, 0.15) is 5.82 Å². The molecule has 2 rings (SSSR count). The molecule has 0 radical (unpaired) electrons. The average Bonchev–Trinajstić information content (AvgIpc) is 2.58. The Kier molecular flexibility index (Phi) is 2.36. The van der Waals surface area contributed by atoms with Crippen LogP contribution in [0.5, 0.6) is 0 Å². The molecule has 1 heterocycles. The summed E-state index contributed by atoms with van der Waals surface area (Å²) in [6.45, 7) is 0. The van der Waals surface area contributed by atoms with Crippen LogP contribution in [0.4, 0.5) is 18.3 Å². The largest absolute Gasteiger partial charge is 0.375 e. The Balaban J connectivity index is 2.62. The molecule has 2 aromatic rings. The van der Waals surface area contributed by atoms with Gasteiger partial charge in [-0.2, -0.15) is 0 Å². The van der Waals surface area contributed by atoms with Crippen LogP contribution < -0.4 is 5.73 Å². The van der Waals surface area contributed by atoms with E-state index < -0.39 is 17.5 Å². The summed E-state index contributed by atoms with van der Waals surface area (Å²) in [5.74, 6) is -3.21. The highest BCUT2D eigenvalue weighted by Crippen LogP contribution is 2.27. The van der Waals surface area contributed by atoms with E-state index in [1.165, 1.54) is 5.38 Å². The Morgan fingerprint density at radius 3 is 2.53 bits per heavy atom. The smallest absolute Gasteiger partial charge is 0.180 e. The van der Waals surface area contributed by atoms with Crippen LogP contribution in [0.3, 0.4) is 0 Å². The van der Waals surface area contributed by atoms with Crippen LogP contribution in [0, 0.1) is 17.5 Å². The van der Waals surface area contributed by atoms with Gasteiger partial charge in [-0.1, -0.05) is 0 Å². The minimum absolute atomic E-state index is 0.133. The van der Waals surface area contributed by atoms with E-state index in [0.29, 0.717) is 6.07 Å². The lowest BCUT2D eigenvalue weighted by molar-refractivity contribution is 0.497. The number of anilines is 1. The van der Waals surface area contributed by atoms with Crippen molar-refractivity contribution in [3.63, 3.8) is 0 Å². The maximum absolute atomic E-state index is 13.3. The van der Waals surface area contributed by atoms with E-state index in [2.05, 4.69) is 4.98 Å². The van der Waals surface area contributed by atoms with Crippen LogP contribution >= 0.6 is 11.3 Å². The molecule has 15 heavy (non-hydrogen) atoms. The van der Waals surface area contributed by atoms with E-state index in [-0.39, 0.29) is 16.4 Å². The van der Waals surface area contributed by atoms with E-state index in [0.717, 1.165) is 17.4 Å². The number of aromatic nitrogens is 1. The maximum Gasteiger partial charge on any atom is 0.180 e. The number of benzene rings is 1. The highest BCUT2D eigenvalue weighted by atomic mass is 32.1. The number of hydrogen-bond donors (Lipinski definition) is 1. The first-order valence-electron chi connectivity index (χ1n) is 3.94. The number of nitrogens with zero attached hydrogens (tertiary/aromatic N) is 1. The number of halogens is 3. The molecule has 1 aromatic heterocycles. The van der Waals surface area contributed by atoms with Gasteiger partial charge in [-0.3, -0.25) is 0 Å². The van der Waals surface area contributed by atoms with Gasteiger partial charge in [0.05, 0.1) is 5.69 Å². The molecule has 6 heteroatoms. The molecule has 2 nitrogen and oxygen atoms in total. The SMILES string of the molecule is Nc1nc(-c2cc(F)cc(F)c2F)cs1. The highest BCUT2D eigenvalue weighted by molar-refractivity contribution is 7.13. The Hall–Kier alpha value is -1.56. The molecule has 0 fully saturated rings. The molecule has 0 aliphatic heterocycles. The van der Waals surface area contributed by atoms with Gasteiger partial charge in [-0.15, -0.1) is 11.3 Å². The third kappa shape index (κ3) is 1.80. The average molecular weight is 230 g/mol. The van der Waals surface area contributed by atoms with Crippen molar-refractivity contribution in [2.45, 2.75) is 0 Å². The number of hydrogen-bond acceptors (Lipinski definition) is 3. The molecule has 0 amide bonds. The second-order valence-corrected chi connectivity index (χ2v) is 3.71. The molecule has 0 bridgehead atoms. The topological polar surface area (TPSA) is 38.9 Å². The van der Waals surface area contributed by atoms with Crippen molar-refractivity contribution in [1.82, 2.24) is 4.98 Å². The summed E-state index contributed by atoms with van der Waals surface area (Å²) in [4.78, 5) is 3.75. The highest BCUT2D eigenvalue weighted by Gasteiger charge is 2.14. The Morgan fingerprint density at radius 2 is 1.93 bits per heavy atom. The third-order valence-electron chi connectivity index (χ3n) is 1.79. The van der Waals surface area contributed by atoms with Crippen LogP contribution in [0.1, 0.15) is 0 Å². The van der Waals surface area contributed by atoms with Gasteiger partial charge in [0.15, 0.2) is 16.8 Å². The molecule has 0 aliphatic carbocycles. The summed E-state index contributed by atoms with van der Waals surface area (Å²) in [7, 11) is 0. The number of nitrogen functional groups attached to an aromatic ring is 1. The van der Waals surface area contributed by atoms with Crippen molar-refractivity contribution in [2.75, 3.05) is 5.73 Å². The summed E-state index contributed by atoms with van der Waals surface area (Å²) in [6.07, 6.45) is 0. The van der Waals surface area contributed by atoms with Crippen molar-refractivity contribution < 1.29 is 13.2 Å². The van der Waals surface area contributed by atoms with Gasteiger partial charge >= 0.3 is 0 Å². The summed E-state index contributed by atoms with van der Waals surface area (Å²) in [5, 5.41) is 1.65. The third-order valence-corrected chi connectivity index (χ3v) is 2.46. The van der Waals surface area contributed by atoms with Crippen LogP contribution in [-0.2, 0) is 0 Å². The lowest BCUT2D eigenvalue weighted by Crippen LogP contribution is -1.92. The van der Waals surface area contributed by atoms with E-state index in [1.54, 1.807) is 0 Å². The molecule has 0 aliphatic rings. The molecule has 0 unspecified atom stereocenters. The van der Waals surface area contributed by atoms with Gasteiger partial charge < -0.3 is 5.73 Å². The number of rotatable bonds is 1.